The Hall–Kier alpha value is -4.25. The molecule has 0 saturated carbocycles. The van der Waals surface area contributed by atoms with Crippen molar-refractivity contribution in [2.24, 2.45) is 0 Å². The molecular formula is C41H41BrF6N4. The first kappa shape index (κ1) is 37.5. The van der Waals surface area contributed by atoms with Crippen LogP contribution < -0.4 is 9.80 Å². The van der Waals surface area contributed by atoms with Crippen LogP contribution in [0.25, 0.3) is 11.1 Å². The van der Waals surface area contributed by atoms with Crippen LogP contribution in [0.1, 0.15) is 61.1 Å². The van der Waals surface area contributed by atoms with E-state index in [0.29, 0.717) is 18.7 Å². The molecule has 0 unspecified atom stereocenters. The van der Waals surface area contributed by atoms with Gasteiger partial charge < -0.3 is 9.80 Å². The molecule has 5 aromatic rings. The third-order valence-electron chi connectivity index (χ3n) is 10.5. The minimum atomic E-state index is -4.27. The minimum absolute atomic E-state index is 0.287. The molecule has 0 bridgehead atoms. The van der Waals surface area contributed by atoms with E-state index in [4.69, 9.17) is 0 Å². The van der Waals surface area contributed by atoms with E-state index in [-0.39, 0.29) is 5.56 Å². The second-order valence-corrected chi connectivity index (χ2v) is 15.5. The van der Waals surface area contributed by atoms with Gasteiger partial charge in [-0.2, -0.15) is 31.4 Å². The van der Waals surface area contributed by atoms with Crippen molar-refractivity contribution in [3.63, 3.8) is 0 Å². The molecule has 0 fully saturated rings. The highest BCUT2D eigenvalue weighted by atomic mass is 79.9. The van der Waals surface area contributed by atoms with Gasteiger partial charge in [-0.25, -0.2) is 0 Å². The maximum absolute atomic E-state index is 13.2. The molecule has 0 atom stereocenters. The van der Waals surface area contributed by atoms with Crippen molar-refractivity contribution in [1.29, 1.82) is 0 Å². The Bertz CT molecular complexity index is 1980. The molecule has 2 aliphatic heterocycles. The Kier molecular flexibility index (Phi) is 10.3. The Morgan fingerprint density at radius 1 is 0.615 bits per heavy atom. The number of halogens is 7. The lowest BCUT2D eigenvalue weighted by Crippen LogP contribution is -2.36. The van der Waals surface area contributed by atoms with Crippen LogP contribution in [0.2, 0.25) is 0 Å². The zero-order chi connectivity index (χ0) is 37.5. The zero-order valence-electron chi connectivity index (χ0n) is 29.5. The number of alkyl halides is 6. The lowest BCUT2D eigenvalue weighted by atomic mass is 9.83. The van der Waals surface area contributed by atoms with Crippen LogP contribution in [0.5, 0.6) is 0 Å². The largest absolute Gasteiger partial charge is 0.397 e. The van der Waals surface area contributed by atoms with Crippen molar-refractivity contribution in [3.8, 4) is 11.1 Å². The molecule has 0 saturated heterocycles. The molecular weight excluding hydrogens is 742 g/mol. The summed E-state index contributed by atoms with van der Waals surface area (Å²) < 4.78 is 80.2. The lowest BCUT2D eigenvalue weighted by molar-refractivity contribution is -0.180. The van der Waals surface area contributed by atoms with Gasteiger partial charge in [-0.1, -0.05) is 70.5 Å². The van der Waals surface area contributed by atoms with E-state index in [1.165, 1.54) is 50.2 Å². The third kappa shape index (κ3) is 7.75. The summed E-state index contributed by atoms with van der Waals surface area (Å²) in [5.74, 6) is 0. The molecule has 3 heterocycles. The van der Waals surface area contributed by atoms with E-state index in [0.717, 1.165) is 52.7 Å². The van der Waals surface area contributed by atoms with E-state index in [1.54, 1.807) is 54.7 Å². The maximum Gasteiger partial charge on any atom is 0.397 e. The number of aromatic nitrogens is 2. The van der Waals surface area contributed by atoms with Gasteiger partial charge in [0.05, 0.1) is 17.0 Å². The highest BCUT2D eigenvalue weighted by Crippen LogP contribution is 2.42. The first-order valence-corrected chi connectivity index (χ1v) is 18.0. The molecule has 4 nitrogen and oxygen atoms in total. The Labute approximate surface area is 309 Å². The molecule has 274 valence electrons. The zero-order valence-corrected chi connectivity index (χ0v) is 31.1. The van der Waals surface area contributed by atoms with E-state index < -0.39 is 23.2 Å². The van der Waals surface area contributed by atoms with E-state index in [2.05, 4.69) is 66.3 Å². The van der Waals surface area contributed by atoms with Gasteiger partial charge in [-0.3, -0.25) is 5.10 Å². The van der Waals surface area contributed by atoms with E-state index in [9.17, 15) is 26.3 Å². The summed E-state index contributed by atoms with van der Waals surface area (Å²) in [5, 5.41) is 6.83. The Morgan fingerprint density at radius 3 is 1.52 bits per heavy atom. The number of benzene rings is 4. The van der Waals surface area contributed by atoms with E-state index >= 15 is 0 Å². The third-order valence-corrected chi connectivity index (χ3v) is 10.9. The summed E-state index contributed by atoms with van der Waals surface area (Å²) in [6, 6.07) is 26.2. The molecule has 0 aliphatic carbocycles. The normalized spacial score (nSPS) is 14.6. The summed E-state index contributed by atoms with van der Waals surface area (Å²) in [6.07, 6.45) is -2.89. The Morgan fingerprint density at radius 2 is 1.08 bits per heavy atom. The first-order chi connectivity index (χ1) is 24.4. The van der Waals surface area contributed by atoms with Gasteiger partial charge in [0, 0.05) is 53.8 Å². The van der Waals surface area contributed by atoms with Gasteiger partial charge in [0.25, 0.3) is 0 Å². The predicted octanol–water partition coefficient (Wildman–Crippen LogP) is 11.3. The quantitative estimate of drug-likeness (QED) is 0.167. The van der Waals surface area contributed by atoms with Gasteiger partial charge in [0.1, 0.15) is 0 Å². The number of hydrogen-bond acceptors (Lipinski definition) is 3. The molecule has 0 spiro atoms. The van der Waals surface area contributed by atoms with Gasteiger partial charge in [0.15, 0.2) is 0 Å². The summed E-state index contributed by atoms with van der Waals surface area (Å²) in [6.45, 7) is 8.10. The van der Waals surface area contributed by atoms with Crippen LogP contribution in [-0.2, 0) is 36.8 Å². The number of H-pyrrole nitrogens is 1. The van der Waals surface area contributed by atoms with Crippen molar-refractivity contribution < 1.29 is 26.3 Å². The van der Waals surface area contributed by atoms with Gasteiger partial charge >= 0.3 is 12.4 Å². The lowest BCUT2D eigenvalue weighted by Gasteiger charge is -2.28. The van der Waals surface area contributed by atoms with Crippen LogP contribution >= 0.6 is 15.9 Å². The van der Waals surface area contributed by atoms with Gasteiger partial charge in [-0.05, 0) is 110 Å². The molecule has 11 heteroatoms. The summed E-state index contributed by atoms with van der Waals surface area (Å²) in [5.41, 5.74) is 6.10. The molecule has 0 amide bonds. The number of nitrogens with one attached hydrogen (secondary N) is 1. The fourth-order valence-electron chi connectivity index (χ4n) is 6.65. The fourth-order valence-corrected chi connectivity index (χ4v) is 7.06. The smallest absolute Gasteiger partial charge is 0.367 e. The number of aromatic amines is 1. The van der Waals surface area contributed by atoms with Crippen LogP contribution in [0.3, 0.4) is 0 Å². The molecule has 52 heavy (non-hydrogen) atoms. The van der Waals surface area contributed by atoms with Crippen molar-refractivity contribution in [3.05, 3.63) is 135 Å². The highest BCUT2D eigenvalue weighted by Gasteiger charge is 2.49. The molecule has 4 aromatic carbocycles. The highest BCUT2D eigenvalue weighted by molar-refractivity contribution is 9.10. The number of nitrogens with zero attached hydrogens (tertiary/aromatic N) is 3. The number of fused-ring (bicyclic) bond motifs is 2. The van der Waals surface area contributed by atoms with Gasteiger partial charge in [-0.15, -0.1) is 0 Å². The topological polar surface area (TPSA) is 35.2 Å². The Balaban J connectivity index is 0.000000181. The number of hydrogen-bond donors (Lipinski definition) is 1. The fraction of sp³-hybridized carbons (Fsp3) is 0.341. The minimum Gasteiger partial charge on any atom is -0.367 e. The monoisotopic (exact) mass is 782 g/mol. The van der Waals surface area contributed by atoms with Crippen LogP contribution in [0.4, 0.5) is 37.7 Å². The van der Waals surface area contributed by atoms with Crippen molar-refractivity contribution in [2.45, 2.75) is 76.8 Å². The standard InChI is InChI=1S/C22H22F3N3.C19H19BrF3N/c1-21(2,22(23,24)25)19-6-3-15(4-7-19)14-28-10-9-17-11-16(5-8-20(17)28)18-12-26-27-13-18;1-18(2,19(21,22)23)15-5-3-13(4-6-15)12-24-10-9-14-11-16(20)7-8-17(14)24/h3-8,11-13H,9-10,14H2,1-2H3,(H,26,27);3-8,11H,9-10,12H2,1-2H3. The maximum atomic E-state index is 13.2. The van der Waals surface area contributed by atoms with Crippen LogP contribution in [-0.4, -0.2) is 35.6 Å². The summed E-state index contributed by atoms with van der Waals surface area (Å²) in [7, 11) is 0. The van der Waals surface area contributed by atoms with Gasteiger partial charge in [0.2, 0.25) is 0 Å². The van der Waals surface area contributed by atoms with E-state index in [1.807, 2.05) is 12.3 Å². The molecule has 0 radical (unpaired) electrons. The number of anilines is 2. The van der Waals surface area contributed by atoms with Crippen LogP contribution in [0.15, 0.2) is 102 Å². The SMILES string of the molecule is CC(C)(c1ccc(CN2CCc3cc(-c4cn[nH]c4)ccc32)cc1)C(F)(F)F.CC(C)(c1ccc(CN2CCc3cc(Br)ccc32)cc1)C(F)(F)F. The average molecular weight is 784 g/mol. The van der Waals surface area contributed by atoms with Crippen molar-refractivity contribution in [1.82, 2.24) is 10.2 Å². The molecule has 1 N–H and O–H groups in total. The number of rotatable bonds is 7. The second kappa shape index (κ2) is 14.3. The van der Waals surface area contributed by atoms with Crippen molar-refractivity contribution in [2.75, 3.05) is 22.9 Å². The molecule has 1 aromatic heterocycles. The predicted molar refractivity (Wildman–Crippen MR) is 199 cm³/mol. The second-order valence-electron chi connectivity index (χ2n) is 14.6. The van der Waals surface area contributed by atoms with Crippen LogP contribution in [0, 0.1) is 0 Å². The molecule has 7 rings (SSSR count). The summed E-state index contributed by atoms with van der Waals surface area (Å²) in [4.78, 5) is 4.55. The van der Waals surface area contributed by atoms with Crippen molar-refractivity contribution >= 4 is 27.3 Å². The summed E-state index contributed by atoms with van der Waals surface area (Å²) >= 11 is 3.48. The first-order valence-electron chi connectivity index (χ1n) is 17.2. The molecule has 2 aliphatic rings. The average Bonchev–Trinajstić information content (AvgIpc) is 3.86.